The van der Waals surface area contributed by atoms with Gasteiger partial charge in [-0.15, -0.1) is 10.2 Å². The Morgan fingerprint density at radius 1 is 1.24 bits per heavy atom. The fourth-order valence-electron chi connectivity index (χ4n) is 3.07. The fourth-order valence-corrected chi connectivity index (χ4v) is 4.03. The van der Waals surface area contributed by atoms with Crippen LogP contribution in [0.25, 0.3) is 11.3 Å². The first-order valence-corrected chi connectivity index (χ1v) is 11.1. The first-order valence-electron chi connectivity index (χ1n) is 9.70. The molecule has 0 radical (unpaired) electrons. The van der Waals surface area contributed by atoms with E-state index in [0.29, 0.717) is 35.0 Å². The third kappa shape index (κ3) is 4.85. The molecule has 0 atom stereocenters. The average Bonchev–Trinajstić information content (AvgIpc) is 3.27. The molecular weight excluding hydrogens is 408 g/mol. The predicted octanol–water partition coefficient (Wildman–Crippen LogP) is 5.06. The number of carbonyl (C=O) groups is 1. The van der Waals surface area contributed by atoms with Crippen molar-refractivity contribution in [3.63, 3.8) is 0 Å². The van der Waals surface area contributed by atoms with Crippen LogP contribution in [0.2, 0.25) is 5.02 Å². The Morgan fingerprint density at radius 3 is 2.69 bits per heavy atom. The van der Waals surface area contributed by atoms with Crippen LogP contribution in [0.3, 0.4) is 0 Å². The van der Waals surface area contributed by atoms with Crippen LogP contribution in [0.1, 0.15) is 50.2 Å². The molecule has 6 nitrogen and oxygen atoms in total. The molecule has 1 aliphatic rings. The van der Waals surface area contributed by atoms with E-state index in [0.717, 1.165) is 35.1 Å². The van der Waals surface area contributed by atoms with E-state index in [1.165, 1.54) is 11.8 Å². The van der Waals surface area contributed by atoms with Crippen LogP contribution in [0.15, 0.2) is 46.0 Å². The Kier molecular flexibility index (Phi) is 5.96. The Balaban J connectivity index is 1.31. The number of rotatable bonds is 8. The number of furan rings is 1. The van der Waals surface area contributed by atoms with Gasteiger partial charge >= 0.3 is 0 Å². The van der Waals surface area contributed by atoms with Gasteiger partial charge < -0.3 is 14.3 Å². The van der Waals surface area contributed by atoms with Gasteiger partial charge in [0.15, 0.2) is 5.16 Å². The molecule has 1 saturated carbocycles. The molecule has 1 aromatic carbocycles. The van der Waals surface area contributed by atoms with Gasteiger partial charge in [-0.2, -0.15) is 0 Å². The molecule has 0 saturated heterocycles. The van der Waals surface area contributed by atoms with E-state index >= 15 is 0 Å². The molecule has 0 aliphatic heterocycles. The SMILES string of the molecule is CC(C)c1nnc(SCC(=O)NCc2ccc(-c3ccc(Cl)cc3)o2)n1C1CC1. The number of hydrogen-bond donors (Lipinski definition) is 1. The largest absolute Gasteiger partial charge is 0.459 e. The third-order valence-corrected chi connectivity index (χ3v) is 5.90. The highest BCUT2D eigenvalue weighted by Gasteiger charge is 2.30. The van der Waals surface area contributed by atoms with Crippen molar-refractivity contribution >= 4 is 29.3 Å². The number of amides is 1. The van der Waals surface area contributed by atoms with Crippen molar-refractivity contribution in [1.82, 2.24) is 20.1 Å². The molecule has 8 heteroatoms. The predicted molar refractivity (Wildman–Crippen MR) is 114 cm³/mol. The Labute approximate surface area is 179 Å². The van der Waals surface area contributed by atoms with E-state index in [4.69, 9.17) is 16.0 Å². The normalized spacial score (nSPS) is 13.8. The fraction of sp³-hybridized carbons (Fsp3) is 0.381. The molecule has 29 heavy (non-hydrogen) atoms. The molecule has 0 unspecified atom stereocenters. The van der Waals surface area contributed by atoms with Crippen LogP contribution in [-0.4, -0.2) is 26.4 Å². The molecule has 152 valence electrons. The second kappa shape index (κ2) is 8.63. The van der Waals surface area contributed by atoms with Gasteiger partial charge in [0.05, 0.1) is 12.3 Å². The van der Waals surface area contributed by atoms with Gasteiger partial charge in [0.2, 0.25) is 5.91 Å². The van der Waals surface area contributed by atoms with Crippen molar-refractivity contribution in [3.8, 4) is 11.3 Å². The van der Waals surface area contributed by atoms with Crippen LogP contribution in [0.4, 0.5) is 0 Å². The van der Waals surface area contributed by atoms with Gasteiger partial charge in [0.1, 0.15) is 17.3 Å². The second-order valence-corrected chi connectivity index (χ2v) is 8.81. The minimum Gasteiger partial charge on any atom is -0.459 e. The molecule has 2 aromatic heterocycles. The zero-order valence-corrected chi connectivity index (χ0v) is 18.0. The lowest BCUT2D eigenvalue weighted by Gasteiger charge is -2.10. The number of carbonyl (C=O) groups excluding carboxylic acids is 1. The maximum Gasteiger partial charge on any atom is 0.230 e. The summed E-state index contributed by atoms with van der Waals surface area (Å²) in [5, 5.41) is 13.0. The maximum absolute atomic E-state index is 12.3. The molecule has 1 N–H and O–H groups in total. The quantitative estimate of drug-likeness (QED) is 0.506. The number of thioether (sulfide) groups is 1. The topological polar surface area (TPSA) is 73.0 Å². The molecule has 1 fully saturated rings. The van der Waals surface area contributed by atoms with Gasteiger partial charge in [0.25, 0.3) is 0 Å². The van der Waals surface area contributed by atoms with Crippen molar-refractivity contribution in [2.24, 2.45) is 0 Å². The first-order chi connectivity index (χ1) is 14.0. The zero-order valence-electron chi connectivity index (χ0n) is 16.4. The van der Waals surface area contributed by atoms with Crippen LogP contribution < -0.4 is 5.32 Å². The van der Waals surface area contributed by atoms with Crippen molar-refractivity contribution in [2.75, 3.05) is 5.75 Å². The van der Waals surface area contributed by atoms with Crippen LogP contribution in [0, 0.1) is 0 Å². The summed E-state index contributed by atoms with van der Waals surface area (Å²) in [5.74, 6) is 3.01. The Hall–Kier alpha value is -2.25. The summed E-state index contributed by atoms with van der Waals surface area (Å²) >= 11 is 7.35. The van der Waals surface area contributed by atoms with E-state index in [-0.39, 0.29) is 5.91 Å². The highest BCUT2D eigenvalue weighted by Crippen LogP contribution is 2.40. The van der Waals surface area contributed by atoms with Gasteiger partial charge in [-0.05, 0) is 49.2 Å². The number of halogens is 1. The Bertz CT molecular complexity index is 993. The smallest absolute Gasteiger partial charge is 0.230 e. The average molecular weight is 431 g/mol. The van der Waals surface area contributed by atoms with Gasteiger partial charge in [-0.3, -0.25) is 4.79 Å². The standard InChI is InChI=1S/C21H23ClN4O2S/c1-13(2)20-24-25-21(26(20)16-7-8-16)29-12-19(27)23-11-17-9-10-18(28-17)14-3-5-15(22)6-4-14/h3-6,9-10,13,16H,7-8,11-12H2,1-2H3,(H,23,27). The van der Waals surface area contributed by atoms with E-state index < -0.39 is 0 Å². The van der Waals surface area contributed by atoms with Gasteiger partial charge in [-0.25, -0.2) is 0 Å². The van der Waals surface area contributed by atoms with E-state index in [9.17, 15) is 4.79 Å². The molecule has 0 bridgehead atoms. The van der Waals surface area contributed by atoms with Gasteiger partial charge in [-0.1, -0.05) is 37.2 Å². The zero-order chi connectivity index (χ0) is 20.4. The number of benzene rings is 1. The molecular formula is C21H23ClN4O2S. The monoisotopic (exact) mass is 430 g/mol. The summed E-state index contributed by atoms with van der Waals surface area (Å²) in [6.07, 6.45) is 2.32. The number of nitrogens with zero attached hydrogens (tertiary/aromatic N) is 3. The summed E-state index contributed by atoms with van der Waals surface area (Å²) in [7, 11) is 0. The minimum absolute atomic E-state index is 0.0594. The molecule has 1 amide bonds. The third-order valence-electron chi connectivity index (χ3n) is 4.70. The number of aromatic nitrogens is 3. The minimum atomic E-state index is -0.0594. The van der Waals surface area contributed by atoms with E-state index in [2.05, 4.69) is 33.9 Å². The van der Waals surface area contributed by atoms with Gasteiger partial charge in [0, 0.05) is 22.5 Å². The van der Waals surface area contributed by atoms with Crippen LogP contribution in [0.5, 0.6) is 0 Å². The first kappa shape index (κ1) is 20.0. The summed E-state index contributed by atoms with van der Waals surface area (Å²) in [4.78, 5) is 12.3. The molecule has 3 aromatic rings. The van der Waals surface area contributed by atoms with Crippen LogP contribution >= 0.6 is 23.4 Å². The van der Waals surface area contributed by atoms with E-state index in [1.54, 1.807) is 0 Å². The number of hydrogen-bond acceptors (Lipinski definition) is 5. The lowest BCUT2D eigenvalue weighted by Crippen LogP contribution is -2.24. The lowest BCUT2D eigenvalue weighted by atomic mass is 10.2. The maximum atomic E-state index is 12.3. The van der Waals surface area contributed by atoms with Crippen molar-refractivity contribution in [1.29, 1.82) is 0 Å². The lowest BCUT2D eigenvalue weighted by molar-refractivity contribution is -0.118. The van der Waals surface area contributed by atoms with E-state index in [1.807, 2.05) is 36.4 Å². The molecule has 4 rings (SSSR count). The van der Waals surface area contributed by atoms with Crippen molar-refractivity contribution in [2.45, 2.75) is 50.4 Å². The van der Waals surface area contributed by atoms with Crippen LogP contribution in [-0.2, 0) is 11.3 Å². The molecule has 2 heterocycles. The second-order valence-electron chi connectivity index (χ2n) is 7.43. The summed E-state index contributed by atoms with van der Waals surface area (Å²) < 4.78 is 8.02. The Morgan fingerprint density at radius 2 is 2.00 bits per heavy atom. The highest BCUT2D eigenvalue weighted by molar-refractivity contribution is 7.99. The van der Waals surface area contributed by atoms with Crippen molar-refractivity contribution in [3.05, 3.63) is 53.0 Å². The number of nitrogens with one attached hydrogen (secondary N) is 1. The molecule has 1 aliphatic carbocycles. The van der Waals surface area contributed by atoms with Crippen molar-refractivity contribution < 1.29 is 9.21 Å². The molecule has 0 spiro atoms. The summed E-state index contributed by atoms with van der Waals surface area (Å²) in [6.45, 7) is 4.58. The summed E-state index contributed by atoms with van der Waals surface area (Å²) in [6, 6.07) is 11.7. The summed E-state index contributed by atoms with van der Waals surface area (Å²) in [5.41, 5.74) is 0.947. The highest BCUT2D eigenvalue weighted by atomic mass is 35.5.